The molecular weight excluding hydrogens is 421 g/mol. The number of fused-ring (bicyclic) bond motifs is 6. The first-order valence-electron chi connectivity index (χ1n) is 14.5. The lowest BCUT2D eigenvalue weighted by atomic mass is 9.45. The van der Waals surface area contributed by atoms with E-state index in [9.17, 15) is 9.18 Å². The number of hydrogen-bond donors (Lipinski definition) is 0. The molecule has 7 atom stereocenters. The lowest BCUT2D eigenvalue weighted by molar-refractivity contribution is -0.119. The van der Waals surface area contributed by atoms with Crippen molar-refractivity contribution in [2.24, 2.45) is 40.4 Å². The third-order valence-corrected chi connectivity index (χ3v) is 12.0. The first-order chi connectivity index (χ1) is 16.4. The highest BCUT2D eigenvalue weighted by atomic mass is 19.1. The van der Waals surface area contributed by atoms with Crippen molar-refractivity contribution >= 4 is 11.6 Å². The van der Waals surface area contributed by atoms with E-state index in [2.05, 4.69) is 13.8 Å². The van der Waals surface area contributed by atoms with Gasteiger partial charge in [-0.2, -0.15) is 0 Å². The molecule has 1 aliphatic heterocycles. The molecule has 0 bridgehead atoms. The van der Waals surface area contributed by atoms with E-state index in [0.29, 0.717) is 23.8 Å². The number of carbonyl (C=O) groups is 1. The normalized spacial score (nSPS) is 40.9. The van der Waals surface area contributed by atoms with E-state index in [1.54, 1.807) is 12.1 Å². The Morgan fingerprint density at radius 3 is 2.74 bits per heavy atom. The van der Waals surface area contributed by atoms with Gasteiger partial charge in [-0.25, -0.2) is 4.39 Å². The number of rotatable bonds is 4. The Morgan fingerprint density at radius 1 is 1.00 bits per heavy atom. The maximum absolute atomic E-state index is 13.5. The zero-order chi connectivity index (χ0) is 23.5. The van der Waals surface area contributed by atoms with Gasteiger partial charge in [-0.15, -0.1) is 0 Å². The molecule has 4 saturated carbocycles. The summed E-state index contributed by atoms with van der Waals surface area (Å²) in [6.45, 7) is 6.02. The van der Waals surface area contributed by atoms with Crippen molar-refractivity contribution in [2.45, 2.75) is 104 Å². The minimum absolute atomic E-state index is 0.197. The molecule has 186 valence electrons. The summed E-state index contributed by atoms with van der Waals surface area (Å²) in [5.74, 6) is 4.70. The van der Waals surface area contributed by atoms with Gasteiger partial charge in [0.15, 0.2) is 0 Å². The number of amides is 1. The molecule has 0 saturated heterocycles. The van der Waals surface area contributed by atoms with Crippen molar-refractivity contribution in [1.82, 2.24) is 0 Å². The van der Waals surface area contributed by atoms with Crippen molar-refractivity contribution in [3.63, 3.8) is 0 Å². The number of hydrogen-bond acceptors (Lipinski definition) is 1. The van der Waals surface area contributed by atoms with Crippen LogP contribution in [0.25, 0.3) is 0 Å². The zero-order valence-corrected chi connectivity index (χ0v) is 21.5. The van der Waals surface area contributed by atoms with Crippen LogP contribution in [-0.4, -0.2) is 12.5 Å². The first-order valence-corrected chi connectivity index (χ1v) is 14.5. The summed E-state index contributed by atoms with van der Waals surface area (Å²) in [4.78, 5) is 14.9. The summed E-state index contributed by atoms with van der Waals surface area (Å²) in [6, 6.07) is 4.87. The van der Waals surface area contributed by atoms with Gasteiger partial charge in [0, 0.05) is 18.7 Å². The van der Waals surface area contributed by atoms with E-state index in [1.165, 1.54) is 76.7 Å². The average molecular weight is 466 g/mol. The number of halogens is 1. The Kier molecular flexibility index (Phi) is 5.85. The Morgan fingerprint density at radius 2 is 1.85 bits per heavy atom. The number of anilines is 1. The molecule has 0 radical (unpaired) electrons. The van der Waals surface area contributed by atoms with E-state index in [0.717, 1.165) is 53.7 Å². The van der Waals surface area contributed by atoms with Crippen LogP contribution in [0.2, 0.25) is 0 Å². The second kappa shape index (κ2) is 8.63. The van der Waals surface area contributed by atoms with Crippen molar-refractivity contribution in [2.75, 3.05) is 11.4 Å². The quantitative estimate of drug-likeness (QED) is 0.442. The van der Waals surface area contributed by atoms with Gasteiger partial charge in [0.25, 0.3) is 0 Å². The van der Waals surface area contributed by atoms with Crippen molar-refractivity contribution in [1.29, 1.82) is 0 Å². The molecular formula is C31H44FNO. The molecule has 3 heteroatoms. The first kappa shape index (κ1) is 23.0. The van der Waals surface area contributed by atoms with Gasteiger partial charge < -0.3 is 4.90 Å². The van der Waals surface area contributed by atoms with Gasteiger partial charge in [0.2, 0.25) is 5.91 Å². The zero-order valence-electron chi connectivity index (χ0n) is 21.5. The van der Waals surface area contributed by atoms with E-state index < -0.39 is 0 Å². The van der Waals surface area contributed by atoms with Gasteiger partial charge in [0.05, 0.1) is 0 Å². The summed E-state index contributed by atoms with van der Waals surface area (Å²) < 4.78 is 13.5. The van der Waals surface area contributed by atoms with Crippen LogP contribution in [0.1, 0.15) is 103 Å². The number of benzene rings is 1. The fourth-order valence-corrected chi connectivity index (χ4v) is 10.1. The number of carbonyl (C=O) groups excluding carboxylic acids is 1. The largest absolute Gasteiger partial charge is 0.312 e. The fraction of sp³-hybridized carbons (Fsp3) is 0.774. The standard InChI is InChI=1S/C31H44FNO/c1-30-17-4-3-6-22(30)9-12-25-26-13-10-23(31(26,2)18-15-27(25)30)7-5-8-29(34)33-19-16-21-20-24(32)11-14-28(21)33/h11,14,20,22-23,25-27H,3-10,12-13,15-19H2,1-2H3. The second-order valence-electron chi connectivity index (χ2n) is 13.2. The fourth-order valence-electron chi connectivity index (χ4n) is 10.1. The molecule has 4 aliphatic carbocycles. The van der Waals surface area contributed by atoms with Gasteiger partial charge in [0.1, 0.15) is 5.82 Å². The highest BCUT2D eigenvalue weighted by Gasteiger charge is 2.59. The lowest BCUT2D eigenvalue weighted by Gasteiger charge is -2.60. The number of nitrogens with zero attached hydrogens (tertiary/aromatic N) is 1. The van der Waals surface area contributed by atoms with Crippen LogP contribution in [-0.2, 0) is 11.2 Å². The molecule has 2 nitrogen and oxygen atoms in total. The van der Waals surface area contributed by atoms with E-state index in [-0.39, 0.29) is 11.7 Å². The maximum atomic E-state index is 13.5. The van der Waals surface area contributed by atoms with Crippen LogP contribution >= 0.6 is 0 Å². The molecule has 7 unspecified atom stereocenters. The minimum Gasteiger partial charge on any atom is -0.312 e. The van der Waals surface area contributed by atoms with Gasteiger partial charge >= 0.3 is 0 Å². The highest BCUT2D eigenvalue weighted by Crippen LogP contribution is 2.67. The maximum Gasteiger partial charge on any atom is 0.226 e. The van der Waals surface area contributed by atoms with Crippen LogP contribution in [0.3, 0.4) is 0 Å². The minimum atomic E-state index is -0.197. The monoisotopic (exact) mass is 465 g/mol. The third kappa shape index (κ3) is 3.58. The Balaban J connectivity index is 1.08. The van der Waals surface area contributed by atoms with E-state index in [4.69, 9.17) is 0 Å². The van der Waals surface area contributed by atoms with E-state index in [1.807, 2.05) is 4.90 Å². The summed E-state index contributed by atoms with van der Waals surface area (Å²) in [6.07, 6.45) is 18.2. The lowest BCUT2D eigenvalue weighted by Crippen LogP contribution is -2.52. The molecule has 6 rings (SSSR count). The molecule has 1 heterocycles. The molecule has 0 N–H and O–H groups in total. The molecule has 1 amide bonds. The summed E-state index contributed by atoms with van der Waals surface area (Å²) in [5, 5.41) is 0. The van der Waals surface area contributed by atoms with Gasteiger partial charge in [-0.3, -0.25) is 4.79 Å². The van der Waals surface area contributed by atoms with Gasteiger partial charge in [-0.1, -0.05) is 26.7 Å². The molecule has 0 spiro atoms. The second-order valence-corrected chi connectivity index (χ2v) is 13.2. The molecule has 5 aliphatic rings. The molecule has 0 aromatic heterocycles. The van der Waals surface area contributed by atoms with Crippen LogP contribution < -0.4 is 4.90 Å². The van der Waals surface area contributed by atoms with Crippen LogP contribution in [0.4, 0.5) is 10.1 Å². The predicted octanol–water partition coefficient (Wildman–Crippen LogP) is 7.93. The average Bonchev–Trinajstić information content (AvgIpc) is 3.39. The highest BCUT2D eigenvalue weighted by molar-refractivity contribution is 5.95. The van der Waals surface area contributed by atoms with Gasteiger partial charge in [-0.05, 0) is 135 Å². The Hall–Kier alpha value is -1.38. The van der Waals surface area contributed by atoms with Crippen LogP contribution in [0, 0.1) is 46.2 Å². The smallest absolute Gasteiger partial charge is 0.226 e. The Labute approximate surface area is 206 Å². The van der Waals surface area contributed by atoms with Crippen LogP contribution in [0.5, 0.6) is 0 Å². The van der Waals surface area contributed by atoms with Crippen LogP contribution in [0.15, 0.2) is 18.2 Å². The SMILES string of the molecule is CC12CCCCC1CCC1C2CCC2(C)C(CCCC(=O)N3CCc4cc(F)ccc43)CCC12. The van der Waals surface area contributed by atoms with Crippen molar-refractivity contribution in [3.8, 4) is 0 Å². The topological polar surface area (TPSA) is 20.3 Å². The van der Waals surface area contributed by atoms with E-state index >= 15 is 0 Å². The predicted molar refractivity (Wildman–Crippen MR) is 136 cm³/mol. The molecule has 1 aromatic carbocycles. The molecule has 1 aromatic rings. The summed E-state index contributed by atoms with van der Waals surface area (Å²) in [7, 11) is 0. The summed E-state index contributed by atoms with van der Waals surface area (Å²) >= 11 is 0. The molecule has 4 fully saturated rings. The van der Waals surface area contributed by atoms with Crippen molar-refractivity contribution in [3.05, 3.63) is 29.6 Å². The van der Waals surface area contributed by atoms with Crippen molar-refractivity contribution < 1.29 is 9.18 Å². The summed E-state index contributed by atoms with van der Waals surface area (Å²) in [5.41, 5.74) is 3.05. The Bertz CT molecular complexity index is 943. The third-order valence-electron chi connectivity index (χ3n) is 12.0. The molecule has 34 heavy (non-hydrogen) atoms.